The monoisotopic (exact) mass is 236 g/mol. The number of hydrogen-bond acceptors (Lipinski definition) is 3. The van der Waals surface area contributed by atoms with Crippen molar-refractivity contribution < 1.29 is 0 Å². The predicted molar refractivity (Wildman–Crippen MR) is 73.3 cm³/mol. The van der Waals surface area contributed by atoms with Crippen LogP contribution in [0.5, 0.6) is 0 Å². The molecule has 0 radical (unpaired) electrons. The molecule has 1 saturated heterocycles. The van der Waals surface area contributed by atoms with Gasteiger partial charge in [0, 0.05) is 23.2 Å². The van der Waals surface area contributed by atoms with Gasteiger partial charge in [-0.1, -0.05) is 18.2 Å². The summed E-state index contributed by atoms with van der Waals surface area (Å²) in [7, 11) is 0. The Morgan fingerprint density at radius 3 is 2.69 bits per heavy atom. The second kappa shape index (κ2) is 6.81. The maximum Gasteiger partial charge on any atom is 0.0340 e. The molecule has 2 rings (SSSR count). The summed E-state index contributed by atoms with van der Waals surface area (Å²) in [4.78, 5) is 0. The van der Waals surface area contributed by atoms with Crippen molar-refractivity contribution in [3.05, 3.63) is 30.3 Å². The van der Waals surface area contributed by atoms with Crippen molar-refractivity contribution in [1.29, 1.82) is 0 Å². The van der Waals surface area contributed by atoms with Gasteiger partial charge in [0.1, 0.15) is 0 Å². The van der Waals surface area contributed by atoms with E-state index in [9.17, 15) is 0 Å². The second-order valence-electron chi connectivity index (χ2n) is 4.11. The molecule has 16 heavy (non-hydrogen) atoms. The molecule has 1 heterocycles. The lowest BCUT2D eigenvalue weighted by atomic mass is 10.2. The van der Waals surface area contributed by atoms with E-state index in [2.05, 4.69) is 52.7 Å². The molecular weight excluding hydrogens is 216 g/mol. The molecule has 0 amide bonds. The van der Waals surface area contributed by atoms with E-state index in [1.807, 2.05) is 0 Å². The number of thioether (sulfide) groups is 1. The van der Waals surface area contributed by atoms with Crippen LogP contribution in [0.1, 0.15) is 12.8 Å². The van der Waals surface area contributed by atoms with Gasteiger partial charge in [-0.25, -0.2) is 0 Å². The summed E-state index contributed by atoms with van der Waals surface area (Å²) in [5.41, 5.74) is 1.23. The van der Waals surface area contributed by atoms with Crippen molar-refractivity contribution in [2.24, 2.45) is 0 Å². The van der Waals surface area contributed by atoms with Crippen molar-refractivity contribution in [2.45, 2.75) is 18.1 Å². The zero-order valence-electron chi connectivity index (χ0n) is 9.61. The predicted octanol–water partition coefficient (Wildman–Crippen LogP) is 2.58. The van der Waals surface area contributed by atoms with E-state index < -0.39 is 0 Å². The molecule has 1 aliphatic rings. The first-order valence-corrected chi connectivity index (χ1v) is 7.11. The standard InChI is InChI=1S/C13H20N2S/c1-2-4-12(5-3-1)15-10-11-16-13-6-8-14-9-7-13/h1-5,13-15H,6-11H2. The molecule has 0 aliphatic carbocycles. The van der Waals surface area contributed by atoms with Gasteiger partial charge in [0.15, 0.2) is 0 Å². The van der Waals surface area contributed by atoms with Crippen molar-refractivity contribution >= 4 is 17.4 Å². The van der Waals surface area contributed by atoms with Crippen molar-refractivity contribution in [1.82, 2.24) is 5.32 Å². The van der Waals surface area contributed by atoms with Crippen molar-refractivity contribution in [2.75, 3.05) is 30.7 Å². The minimum atomic E-state index is 0.874. The van der Waals surface area contributed by atoms with E-state index in [1.54, 1.807) is 0 Å². The Kier molecular flexibility index (Phi) is 5.03. The van der Waals surface area contributed by atoms with Gasteiger partial charge in [0.2, 0.25) is 0 Å². The molecular formula is C13H20N2S. The number of benzene rings is 1. The summed E-state index contributed by atoms with van der Waals surface area (Å²) in [6, 6.07) is 10.4. The van der Waals surface area contributed by atoms with E-state index in [0.29, 0.717) is 0 Å². The Morgan fingerprint density at radius 1 is 1.19 bits per heavy atom. The Balaban J connectivity index is 1.58. The molecule has 0 saturated carbocycles. The average molecular weight is 236 g/mol. The Labute approximate surface area is 102 Å². The van der Waals surface area contributed by atoms with Gasteiger partial charge in [0.05, 0.1) is 0 Å². The fourth-order valence-corrected chi connectivity index (χ4v) is 3.06. The van der Waals surface area contributed by atoms with Crippen LogP contribution in [0.4, 0.5) is 5.69 Å². The maximum atomic E-state index is 3.45. The average Bonchev–Trinajstić information content (AvgIpc) is 2.37. The van der Waals surface area contributed by atoms with Gasteiger partial charge in [-0.2, -0.15) is 11.8 Å². The fraction of sp³-hybridized carbons (Fsp3) is 0.538. The molecule has 2 nitrogen and oxygen atoms in total. The largest absolute Gasteiger partial charge is 0.384 e. The van der Waals surface area contributed by atoms with Crippen molar-refractivity contribution in [3.8, 4) is 0 Å². The highest BCUT2D eigenvalue weighted by atomic mass is 32.2. The van der Waals surface area contributed by atoms with Crippen LogP contribution in [0.2, 0.25) is 0 Å². The molecule has 0 aromatic heterocycles. The third kappa shape index (κ3) is 4.06. The highest BCUT2D eigenvalue weighted by Crippen LogP contribution is 2.19. The Bertz CT molecular complexity index is 283. The van der Waals surface area contributed by atoms with Crippen molar-refractivity contribution in [3.63, 3.8) is 0 Å². The first kappa shape index (κ1) is 11.8. The van der Waals surface area contributed by atoms with Crippen LogP contribution in [0.3, 0.4) is 0 Å². The molecule has 2 N–H and O–H groups in total. The molecule has 1 aliphatic heterocycles. The van der Waals surface area contributed by atoms with Crippen LogP contribution in [-0.2, 0) is 0 Å². The van der Waals surface area contributed by atoms with Crippen LogP contribution >= 0.6 is 11.8 Å². The third-order valence-electron chi connectivity index (χ3n) is 2.84. The van der Waals surface area contributed by atoms with E-state index in [4.69, 9.17) is 0 Å². The van der Waals surface area contributed by atoms with E-state index >= 15 is 0 Å². The first-order valence-electron chi connectivity index (χ1n) is 6.06. The molecule has 0 bridgehead atoms. The molecule has 0 spiro atoms. The summed E-state index contributed by atoms with van der Waals surface area (Å²) in [5.74, 6) is 1.21. The van der Waals surface area contributed by atoms with Gasteiger partial charge in [-0.15, -0.1) is 0 Å². The molecule has 0 atom stereocenters. The Morgan fingerprint density at radius 2 is 1.94 bits per heavy atom. The number of piperidine rings is 1. The smallest absolute Gasteiger partial charge is 0.0340 e. The quantitative estimate of drug-likeness (QED) is 0.768. The number of para-hydroxylation sites is 1. The second-order valence-corrected chi connectivity index (χ2v) is 5.52. The van der Waals surface area contributed by atoms with Crippen LogP contribution in [0.25, 0.3) is 0 Å². The van der Waals surface area contributed by atoms with Gasteiger partial charge in [0.25, 0.3) is 0 Å². The molecule has 1 fully saturated rings. The number of hydrogen-bond donors (Lipinski definition) is 2. The van der Waals surface area contributed by atoms with Gasteiger partial charge < -0.3 is 10.6 Å². The molecule has 0 unspecified atom stereocenters. The maximum absolute atomic E-state index is 3.45. The Hall–Kier alpha value is -0.670. The number of anilines is 1. The van der Waals surface area contributed by atoms with E-state index in [1.165, 1.54) is 37.4 Å². The van der Waals surface area contributed by atoms with Gasteiger partial charge in [-0.05, 0) is 38.1 Å². The summed E-state index contributed by atoms with van der Waals surface area (Å²) in [5, 5.41) is 7.72. The summed E-state index contributed by atoms with van der Waals surface area (Å²) in [6.45, 7) is 3.46. The van der Waals surface area contributed by atoms with Gasteiger partial charge >= 0.3 is 0 Å². The van der Waals surface area contributed by atoms with E-state index in [0.717, 1.165) is 11.8 Å². The zero-order chi connectivity index (χ0) is 11.1. The van der Waals surface area contributed by atoms with Crippen LogP contribution in [0.15, 0.2) is 30.3 Å². The molecule has 1 aromatic rings. The highest BCUT2D eigenvalue weighted by Gasteiger charge is 2.12. The molecule has 3 heteroatoms. The normalized spacial score (nSPS) is 17.2. The summed E-state index contributed by atoms with van der Waals surface area (Å²) >= 11 is 2.11. The zero-order valence-corrected chi connectivity index (χ0v) is 10.4. The minimum absolute atomic E-state index is 0.874. The lowest BCUT2D eigenvalue weighted by Gasteiger charge is -2.22. The summed E-state index contributed by atoms with van der Waals surface area (Å²) in [6.07, 6.45) is 2.66. The minimum Gasteiger partial charge on any atom is -0.384 e. The lowest BCUT2D eigenvalue weighted by molar-refractivity contribution is 0.531. The topological polar surface area (TPSA) is 24.1 Å². The molecule has 88 valence electrons. The number of rotatable bonds is 5. The highest BCUT2D eigenvalue weighted by molar-refractivity contribution is 7.99. The van der Waals surface area contributed by atoms with Crippen LogP contribution in [-0.4, -0.2) is 30.6 Å². The summed E-state index contributed by atoms with van der Waals surface area (Å²) < 4.78 is 0. The lowest BCUT2D eigenvalue weighted by Crippen LogP contribution is -2.29. The van der Waals surface area contributed by atoms with Gasteiger partial charge in [-0.3, -0.25) is 0 Å². The van der Waals surface area contributed by atoms with Crippen LogP contribution in [0, 0.1) is 0 Å². The van der Waals surface area contributed by atoms with Crippen LogP contribution < -0.4 is 10.6 Å². The van der Waals surface area contributed by atoms with E-state index in [-0.39, 0.29) is 0 Å². The third-order valence-corrected chi connectivity index (χ3v) is 4.23. The number of nitrogens with one attached hydrogen (secondary N) is 2. The SMILES string of the molecule is c1ccc(NCCSC2CCNCC2)cc1. The first-order chi connectivity index (χ1) is 7.95. The molecule has 1 aromatic carbocycles. The fourth-order valence-electron chi connectivity index (χ4n) is 1.94.